The summed E-state index contributed by atoms with van der Waals surface area (Å²) < 4.78 is 0. The van der Waals surface area contributed by atoms with Crippen LogP contribution < -0.4 is 5.32 Å². The molecule has 2 unspecified atom stereocenters. The fourth-order valence-corrected chi connectivity index (χ4v) is 2.96. The van der Waals surface area contributed by atoms with Crippen LogP contribution in [0.2, 0.25) is 0 Å². The van der Waals surface area contributed by atoms with Gasteiger partial charge in [-0.3, -0.25) is 9.69 Å². The lowest BCUT2D eigenvalue weighted by molar-refractivity contribution is -0.123. The Hall–Kier alpha value is -0.410. The number of rotatable bonds is 2. The summed E-state index contributed by atoms with van der Waals surface area (Å²) in [6, 6.07) is 0.540. The molecular weight excluding hydrogens is 188 g/mol. The molecule has 0 amide bonds. The number of nitrogens with zero attached hydrogens (tertiary/aromatic N) is 1. The summed E-state index contributed by atoms with van der Waals surface area (Å²) in [5.41, 5.74) is 0. The Morgan fingerprint density at radius 2 is 2.13 bits per heavy atom. The van der Waals surface area contributed by atoms with Gasteiger partial charge in [0.25, 0.3) is 0 Å². The van der Waals surface area contributed by atoms with Gasteiger partial charge in [-0.1, -0.05) is 13.3 Å². The highest BCUT2D eigenvalue weighted by atomic mass is 16.1. The summed E-state index contributed by atoms with van der Waals surface area (Å²) in [5, 5.41) is 3.37. The molecule has 1 heterocycles. The van der Waals surface area contributed by atoms with E-state index in [0.717, 1.165) is 51.4 Å². The highest BCUT2D eigenvalue weighted by Gasteiger charge is 2.32. The largest absolute Gasteiger partial charge is 0.314 e. The molecule has 3 heteroatoms. The van der Waals surface area contributed by atoms with Gasteiger partial charge in [0, 0.05) is 45.1 Å². The van der Waals surface area contributed by atoms with E-state index in [-0.39, 0.29) is 0 Å². The highest BCUT2D eigenvalue weighted by Crippen LogP contribution is 2.29. The van der Waals surface area contributed by atoms with E-state index in [2.05, 4.69) is 17.1 Å². The second kappa shape index (κ2) is 5.08. The fourth-order valence-electron chi connectivity index (χ4n) is 2.96. The van der Waals surface area contributed by atoms with E-state index >= 15 is 0 Å². The van der Waals surface area contributed by atoms with Crippen molar-refractivity contribution in [3.05, 3.63) is 0 Å². The molecule has 86 valence electrons. The molecule has 0 aromatic heterocycles. The lowest BCUT2D eigenvalue weighted by Crippen LogP contribution is -2.52. The van der Waals surface area contributed by atoms with Gasteiger partial charge in [0.05, 0.1) is 0 Å². The van der Waals surface area contributed by atoms with Crippen molar-refractivity contribution in [3.8, 4) is 0 Å². The molecule has 0 radical (unpaired) electrons. The van der Waals surface area contributed by atoms with Crippen LogP contribution in [-0.2, 0) is 4.79 Å². The van der Waals surface area contributed by atoms with Crippen molar-refractivity contribution in [2.24, 2.45) is 5.92 Å². The van der Waals surface area contributed by atoms with Gasteiger partial charge >= 0.3 is 0 Å². The summed E-state index contributed by atoms with van der Waals surface area (Å²) in [7, 11) is 0. The Labute approximate surface area is 92.2 Å². The summed E-state index contributed by atoms with van der Waals surface area (Å²) in [5.74, 6) is 1.23. The van der Waals surface area contributed by atoms with Crippen LogP contribution in [0.25, 0.3) is 0 Å². The zero-order valence-corrected chi connectivity index (χ0v) is 9.67. The van der Waals surface area contributed by atoms with Crippen molar-refractivity contribution < 1.29 is 4.79 Å². The first-order valence-corrected chi connectivity index (χ1v) is 6.27. The minimum atomic E-state index is 0.475. The van der Waals surface area contributed by atoms with Crippen LogP contribution in [-0.4, -0.2) is 42.9 Å². The normalized spacial score (nSPS) is 34.3. The third-order valence-electron chi connectivity index (χ3n) is 3.92. The molecule has 0 aromatic carbocycles. The van der Waals surface area contributed by atoms with Gasteiger partial charge in [-0.15, -0.1) is 0 Å². The third-order valence-corrected chi connectivity index (χ3v) is 3.92. The van der Waals surface area contributed by atoms with Crippen molar-refractivity contribution in [3.63, 3.8) is 0 Å². The molecule has 0 bridgehead atoms. The minimum absolute atomic E-state index is 0.475. The maximum Gasteiger partial charge on any atom is 0.134 e. The van der Waals surface area contributed by atoms with Crippen LogP contribution in [0.1, 0.15) is 32.6 Å². The maximum atomic E-state index is 11.5. The van der Waals surface area contributed by atoms with Crippen molar-refractivity contribution in [2.45, 2.75) is 38.6 Å². The number of ketones is 1. The SMILES string of the molecule is CCC1CCC(=O)CC1N1CCNCC1. The van der Waals surface area contributed by atoms with E-state index in [1.807, 2.05) is 0 Å². The van der Waals surface area contributed by atoms with E-state index in [1.165, 1.54) is 6.42 Å². The molecule has 3 nitrogen and oxygen atoms in total. The molecule has 0 aromatic rings. The van der Waals surface area contributed by atoms with Crippen LogP contribution in [0.15, 0.2) is 0 Å². The molecule has 15 heavy (non-hydrogen) atoms. The molecule has 1 saturated heterocycles. The van der Waals surface area contributed by atoms with Crippen LogP contribution in [0.5, 0.6) is 0 Å². The number of carbonyl (C=O) groups excluding carboxylic acids is 1. The molecule has 0 spiro atoms. The fraction of sp³-hybridized carbons (Fsp3) is 0.917. The zero-order chi connectivity index (χ0) is 10.7. The molecule has 2 atom stereocenters. The summed E-state index contributed by atoms with van der Waals surface area (Å²) in [6.45, 7) is 6.67. The lowest BCUT2D eigenvalue weighted by atomic mass is 9.81. The molecule has 2 aliphatic rings. The van der Waals surface area contributed by atoms with E-state index < -0.39 is 0 Å². The van der Waals surface area contributed by atoms with Gasteiger partial charge in [-0.25, -0.2) is 0 Å². The monoisotopic (exact) mass is 210 g/mol. The smallest absolute Gasteiger partial charge is 0.134 e. The number of nitrogens with one attached hydrogen (secondary N) is 1. The first kappa shape index (κ1) is 11.1. The Kier molecular flexibility index (Phi) is 3.76. The van der Waals surface area contributed by atoms with Crippen molar-refractivity contribution >= 4 is 5.78 Å². The highest BCUT2D eigenvalue weighted by molar-refractivity contribution is 5.79. The molecule has 1 aliphatic carbocycles. The van der Waals surface area contributed by atoms with Gasteiger partial charge in [-0.2, -0.15) is 0 Å². The van der Waals surface area contributed by atoms with Crippen molar-refractivity contribution in [2.75, 3.05) is 26.2 Å². The van der Waals surface area contributed by atoms with E-state index in [4.69, 9.17) is 0 Å². The van der Waals surface area contributed by atoms with Crippen molar-refractivity contribution in [1.82, 2.24) is 10.2 Å². The number of piperazine rings is 1. The Morgan fingerprint density at radius 1 is 1.40 bits per heavy atom. The molecule has 2 fully saturated rings. The Balaban J connectivity index is 1.98. The molecular formula is C12H22N2O. The average Bonchev–Trinajstić information content (AvgIpc) is 2.30. The second-order valence-electron chi connectivity index (χ2n) is 4.80. The quantitative estimate of drug-likeness (QED) is 0.739. The number of Topliss-reactive ketones (excluding diaryl/α,β-unsaturated/α-hetero) is 1. The first-order valence-electron chi connectivity index (χ1n) is 6.27. The van der Waals surface area contributed by atoms with E-state index in [9.17, 15) is 4.79 Å². The van der Waals surface area contributed by atoms with Gasteiger partial charge < -0.3 is 5.32 Å². The van der Waals surface area contributed by atoms with Gasteiger partial charge in [0.1, 0.15) is 5.78 Å². The van der Waals surface area contributed by atoms with Crippen LogP contribution >= 0.6 is 0 Å². The number of carbonyl (C=O) groups is 1. The zero-order valence-electron chi connectivity index (χ0n) is 9.67. The predicted molar refractivity (Wildman–Crippen MR) is 60.9 cm³/mol. The number of hydrogen-bond acceptors (Lipinski definition) is 3. The van der Waals surface area contributed by atoms with Crippen LogP contribution in [0.3, 0.4) is 0 Å². The standard InChI is InChI=1S/C12H22N2O/c1-2-10-3-4-11(15)9-12(10)14-7-5-13-6-8-14/h10,12-13H,2-9H2,1H3. The summed E-state index contributed by atoms with van der Waals surface area (Å²) in [6.07, 6.45) is 3.96. The number of hydrogen-bond donors (Lipinski definition) is 1. The van der Waals surface area contributed by atoms with Crippen molar-refractivity contribution in [1.29, 1.82) is 0 Å². The van der Waals surface area contributed by atoms with Gasteiger partial charge in [-0.05, 0) is 12.3 Å². The maximum absolute atomic E-state index is 11.5. The summed E-state index contributed by atoms with van der Waals surface area (Å²) in [4.78, 5) is 14.1. The second-order valence-corrected chi connectivity index (χ2v) is 4.80. The Bertz CT molecular complexity index is 224. The lowest BCUT2D eigenvalue weighted by Gasteiger charge is -2.41. The van der Waals surface area contributed by atoms with Gasteiger partial charge in [0.2, 0.25) is 0 Å². The minimum Gasteiger partial charge on any atom is -0.314 e. The Morgan fingerprint density at radius 3 is 2.80 bits per heavy atom. The topological polar surface area (TPSA) is 32.3 Å². The van der Waals surface area contributed by atoms with E-state index in [1.54, 1.807) is 0 Å². The summed E-state index contributed by atoms with van der Waals surface area (Å²) >= 11 is 0. The van der Waals surface area contributed by atoms with Crippen LogP contribution in [0, 0.1) is 5.92 Å². The van der Waals surface area contributed by atoms with Crippen LogP contribution in [0.4, 0.5) is 0 Å². The first-order chi connectivity index (χ1) is 7.31. The third kappa shape index (κ3) is 2.58. The van der Waals surface area contributed by atoms with Gasteiger partial charge in [0.15, 0.2) is 0 Å². The average molecular weight is 210 g/mol. The molecule has 2 rings (SSSR count). The predicted octanol–water partition coefficient (Wildman–Crippen LogP) is 1.04. The molecule has 1 saturated carbocycles. The van der Waals surface area contributed by atoms with E-state index in [0.29, 0.717) is 11.8 Å². The molecule has 1 aliphatic heterocycles. The molecule has 1 N–H and O–H groups in total.